The molecule has 3 rings (SSSR count). The topological polar surface area (TPSA) is 63.5 Å². The van der Waals surface area contributed by atoms with E-state index in [2.05, 4.69) is 26.1 Å². The maximum atomic E-state index is 12.6. The van der Waals surface area contributed by atoms with E-state index in [0.29, 0.717) is 23.8 Å². The lowest BCUT2D eigenvalue weighted by molar-refractivity contribution is -0.112. The third kappa shape index (κ3) is 3.22. The van der Waals surface area contributed by atoms with E-state index in [4.69, 9.17) is 9.47 Å². The Morgan fingerprint density at radius 3 is 2.54 bits per heavy atom. The second kappa shape index (κ2) is 7.70. The van der Waals surface area contributed by atoms with Crippen molar-refractivity contribution >= 4 is 39.5 Å². The standard InChI is InChI=1S/C19H18BrN3O3/c1-4-23-15-8-6-5-7-13(15)18(19(23)24)22-21-11-12-9-16(25-2)17(26-3)10-14(12)20/h5-11H,4H2,1-3H3/b21-11-,22-18+. The number of carbonyl (C=O) groups is 1. The molecule has 1 aliphatic heterocycles. The molecule has 134 valence electrons. The van der Waals surface area contributed by atoms with Gasteiger partial charge in [-0.1, -0.05) is 18.2 Å². The summed E-state index contributed by atoms with van der Waals surface area (Å²) >= 11 is 3.47. The van der Waals surface area contributed by atoms with Crippen LogP contribution in [-0.4, -0.2) is 38.6 Å². The highest BCUT2D eigenvalue weighted by Gasteiger charge is 2.32. The number of ether oxygens (including phenoxy) is 2. The quantitative estimate of drug-likeness (QED) is 0.552. The fourth-order valence-corrected chi connectivity index (χ4v) is 3.21. The molecule has 0 unspecified atom stereocenters. The van der Waals surface area contributed by atoms with E-state index in [9.17, 15) is 4.79 Å². The molecule has 0 N–H and O–H groups in total. The third-order valence-corrected chi connectivity index (χ3v) is 4.76. The lowest BCUT2D eigenvalue weighted by atomic mass is 10.1. The molecule has 2 aromatic carbocycles. The van der Waals surface area contributed by atoms with E-state index in [-0.39, 0.29) is 5.91 Å². The molecule has 2 aromatic rings. The van der Waals surface area contributed by atoms with E-state index in [1.54, 1.807) is 37.5 Å². The van der Waals surface area contributed by atoms with Gasteiger partial charge in [-0.25, -0.2) is 0 Å². The van der Waals surface area contributed by atoms with Crippen LogP contribution in [0.3, 0.4) is 0 Å². The van der Waals surface area contributed by atoms with Crippen LogP contribution in [0, 0.1) is 0 Å². The highest BCUT2D eigenvalue weighted by atomic mass is 79.9. The second-order valence-corrected chi connectivity index (χ2v) is 6.34. The molecule has 0 fully saturated rings. The molecule has 0 saturated carbocycles. The van der Waals surface area contributed by atoms with Gasteiger partial charge in [0.2, 0.25) is 0 Å². The smallest absolute Gasteiger partial charge is 0.279 e. The van der Waals surface area contributed by atoms with Gasteiger partial charge in [0.1, 0.15) is 0 Å². The van der Waals surface area contributed by atoms with E-state index < -0.39 is 0 Å². The van der Waals surface area contributed by atoms with Gasteiger partial charge in [0.25, 0.3) is 5.91 Å². The van der Waals surface area contributed by atoms with E-state index in [1.807, 2.05) is 31.2 Å². The van der Waals surface area contributed by atoms with Crippen LogP contribution in [0.4, 0.5) is 5.69 Å². The molecular weight excluding hydrogens is 398 g/mol. The van der Waals surface area contributed by atoms with Crippen molar-refractivity contribution in [3.05, 3.63) is 52.0 Å². The van der Waals surface area contributed by atoms with Gasteiger partial charge in [0, 0.05) is 22.1 Å². The Bertz CT molecular complexity index is 909. The number of fused-ring (bicyclic) bond motifs is 1. The molecule has 26 heavy (non-hydrogen) atoms. The minimum absolute atomic E-state index is 0.141. The number of amides is 1. The Morgan fingerprint density at radius 1 is 1.15 bits per heavy atom. The molecule has 0 radical (unpaired) electrons. The summed E-state index contributed by atoms with van der Waals surface area (Å²) in [5.41, 5.74) is 2.76. The minimum Gasteiger partial charge on any atom is -0.493 e. The Morgan fingerprint density at radius 2 is 1.85 bits per heavy atom. The maximum absolute atomic E-state index is 12.6. The molecular formula is C19H18BrN3O3. The lowest BCUT2D eigenvalue weighted by Crippen LogP contribution is -2.29. The number of carbonyl (C=O) groups excluding carboxylic acids is 1. The Kier molecular flexibility index (Phi) is 5.37. The van der Waals surface area contributed by atoms with Crippen LogP contribution in [0.15, 0.2) is 51.1 Å². The van der Waals surface area contributed by atoms with E-state index in [1.165, 1.54) is 0 Å². The van der Waals surface area contributed by atoms with Gasteiger partial charge in [-0.2, -0.15) is 5.10 Å². The summed E-state index contributed by atoms with van der Waals surface area (Å²) in [4.78, 5) is 14.3. The Labute approximate surface area is 160 Å². The first kappa shape index (κ1) is 18.1. The van der Waals surface area contributed by atoms with Crippen LogP contribution in [0.2, 0.25) is 0 Å². The minimum atomic E-state index is -0.141. The molecule has 1 amide bonds. The SMILES string of the molecule is CCN1C(=O)/C(=N/N=C\c2cc(OC)c(OC)cc2Br)c2ccccc21. The predicted molar refractivity (Wildman–Crippen MR) is 106 cm³/mol. The monoisotopic (exact) mass is 415 g/mol. The van der Waals surface area contributed by atoms with Crippen LogP contribution in [0.1, 0.15) is 18.1 Å². The lowest BCUT2D eigenvalue weighted by Gasteiger charge is -2.12. The molecule has 1 heterocycles. The third-order valence-electron chi connectivity index (χ3n) is 4.07. The van der Waals surface area contributed by atoms with Gasteiger partial charge in [-0.3, -0.25) is 4.79 Å². The Balaban J connectivity index is 1.94. The first-order valence-electron chi connectivity index (χ1n) is 8.04. The number of rotatable bonds is 5. The van der Waals surface area contributed by atoms with Crippen LogP contribution >= 0.6 is 15.9 Å². The van der Waals surface area contributed by atoms with Crippen molar-refractivity contribution in [1.29, 1.82) is 0 Å². The van der Waals surface area contributed by atoms with Crippen molar-refractivity contribution in [1.82, 2.24) is 0 Å². The van der Waals surface area contributed by atoms with Gasteiger partial charge in [0.05, 0.1) is 26.1 Å². The van der Waals surface area contributed by atoms with Gasteiger partial charge in [-0.15, -0.1) is 5.10 Å². The largest absolute Gasteiger partial charge is 0.493 e. The number of methoxy groups -OCH3 is 2. The zero-order chi connectivity index (χ0) is 18.7. The number of likely N-dealkylation sites (N-methyl/N-ethyl adjacent to an activating group) is 1. The van der Waals surface area contributed by atoms with E-state index in [0.717, 1.165) is 21.3 Å². The summed E-state index contributed by atoms with van der Waals surface area (Å²) in [6.07, 6.45) is 1.57. The molecule has 0 atom stereocenters. The predicted octanol–water partition coefficient (Wildman–Crippen LogP) is 3.66. The average Bonchev–Trinajstić information content (AvgIpc) is 2.93. The van der Waals surface area contributed by atoms with Crippen LogP contribution in [-0.2, 0) is 4.79 Å². The molecule has 1 aliphatic rings. The summed E-state index contributed by atoms with van der Waals surface area (Å²) in [5, 5.41) is 8.30. The highest BCUT2D eigenvalue weighted by Crippen LogP contribution is 2.33. The molecule has 0 spiro atoms. The first-order valence-corrected chi connectivity index (χ1v) is 8.83. The van der Waals surface area contributed by atoms with Gasteiger partial charge < -0.3 is 14.4 Å². The van der Waals surface area contributed by atoms with Crippen molar-refractivity contribution in [2.75, 3.05) is 25.7 Å². The summed E-state index contributed by atoms with van der Waals surface area (Å²) in [7, 11) is 3.15. The molecule has 7 heteroatoms. The number of nitrogens with zero attached hydrogens (tertiary/aromatic N) is 3. The summed E-state index contributed by atoms with van der Waals surface area (Å²) in [5.74, 6) is 1.06. The number of anilines is 1. The van der Waals surface area contributed by atoms with Crippen molar-refractivity contribution in [2.24, 2.45) is 10.2 Å². The number of halogens is 1. The zero-order valence-electron chi connectivity index (χ0n) is 14.7. The van der Waals surface area contributed by atoms with Crippen LogP contribution in [0.5, 0.6) is 11.5 Å². The van der Waals surface area contributed by atoms with Crippen LogP contribution in [0.25, 0.3) is 0 Å². The Hall–Kier alpha value is -2.67. The van der Waals surface area contributed by atoms with Gasteiger partial charge in [0.15, 0.2) is 17.2 Å². The highest BCUT2D eigenvalue weighted by molar-refractivity contribution is 9.10. The normalized spacial score (nSPS) is 15.0. The van der Waals surface area contributed by atoms with Crippen molar-refractivity contribution in [3.8, 4) is 11.5 Å². The summed E-state index contributed by atoms with van der Waals surface area (Å²) in [6, 6.07) is 11.2. The zero-order valence-corrected chi connectivity index (χ0v) is 16.3. The van der Waals surface area contributed by atoms with Crippen molar-refractivity contribution < 1.29 is 14.3 Å². The molecule has 6 nitrogen and oxygen atoms in total. The number of benzene rings is 2. The number of para-hydroxylation sites is 1. The second-order valence-electron chi connectivity index (χ2n) is 5.49. The maximum Gasteiger partial charge on any atom is 0.279 e. The summed E-state index contributed by atoms with van der Waals surface area (Å²) < 4.78 is 11.3. The summed E-state index contributed by atoms with van der Waals surface area (Å²) in [6.45, 7) is 2.52. The van der Waals surface area contributed by atoms with Crippen LogP contribution < -0.4 is 14.4 Å². The number of hydrogen-bond donors (Lipinski definition) is 0. The fraction of sp³-hybridized carbons (Fsp3) is 0.211. The molecule has 0 bridgehead atoms. The van der Waals surface area contributed by atoms with Gasteiger partial charge in [-0.05, 0) is 41.1 Å². The fourth-order valence-electron chi connectivity index (χ4n) is 2.79. The van der Waals surface area contributed by atoms with Crippen molar-refractivity contribution in [2.45, 2.75) is 6.92 Å². The van der Waals surface area contributed by atoms with Gasteiger partial charge >= 0.3 is 0 Å². The van der Waals surface area contributed by atoms with Crippen molar-refractivity contribution in [3.63, 3.8) is 0 Å². The van der Waals surface area contributed by atoms with E-state index >= 15 is 0 Å². The first-order chi connectivity index (χ1) is 12.6. The average molecular weight is 416 g/mol. The molecule has 0 aliphatic carbocycles. The molecule has 0 aromatic heterocycles. The molecule has 0 saturated heterocycles. The number of hydrogen-bond acceptors (Lipinski definition) is 5.